The van der Waals surface area contributed by atoms with Crippen molar-refractivity contribution in [3.8, 4) is 0 Å². The fraction of sp³-hybridized carbons (Fsp3) is 0.409. The van der Waals surface area contributed by atoms with Crippen LogP contribution in [0.4, 0.5) is 0 Å². The molecule has 0 N–H and O–H groups in total. The van der Waals surface area contributed by atoms with E-state index < -0.39 is 16.3 Å². The molecule has 26 heavy (non-hydrogen) atoms. The molecule has 2 aromatic carbocycles. The van der Waals surface area contributed by atoms with Gasteiger partial charge in [0, 0.05) is 12.3 Å². The summed E-state index contributed by atoms with van der Waals surface area (Å²) in [6, 6.07) is 21.5. The first kappa shape index (κ1) is 21.5. The van der Waals surface area contributed by atoms with Crippen molar-refractivity contribution in [1.29, 1.82) is 0 Å². The molecule has 141 valence electrons. The van der Waals surface area contributed by atoms with Crippen molar-refractivity contribution >= 4 is 26.9 Å². The van der Waals surface area contributed by atoms with Crippen LogP contribution < -0.4 is 10.6 Å². The Morgan fingerprint density at radius 3 is 1.42 bits per heavy atom. The molecule has 0 bridgehead atoms. The van der Waals surface area contributed by atoms with Gasteiger partial charge >= 0.3 is 0 Å². The fourth-order valence-electron chi connectivity index (χ4n) is 2.39. The van der Waals surface area contributed by atoms with Crippen molar-refractivity contribution in [3.05, 3.63) is 66.8 Å². The second kappa shape index (κ2) is 9.43. The molecule has 1 radical (unpaired) electrons. The first-order valence-electron chi connectivity index (χ1n) is 9.02. The molecule has 0 aromatic heterocycles. The predicted molar refractivity (Wildman–Crippen MR) is 117 cm³/mol. The Morgan fingerprint density at radius 1 is 0.692 bits per heavy atom. The van der Waals surface area contributed by atoms with Gasteiger partial charge in [0.25, 0.3) is 0 Å². The third kappa shape index (κ3) is 7.85. The third-order valence-corrected chi connectivity index (χ3v) is 7.76. The van der Waals surface area contributed by atoms with E-state index in [1.807, 2.05) is 0 Å². The molecule has 0 saturated carbocycles. The van der Waals surface area contributed by atoms with Gasteiger partial charge in [0.1, 0.15) is 0 Å². The van der Waals surface area contributed by atoms with Gasteiger partial charge in [-0.15, -0.1) is 0 Å². The molecule has 0 unspecified atom stereocenters. The third-order valence-electron chi connectivity index (χ3n) is 3.23. The monoisotopic (exact) mass is 389 g/mol. The second-order valence-corrected chi connectivity index (χ2v) is 11.7. The lowest BCUT2D eigenvalue weighted by molar-refractivity contribution is 0.0739. The highest BCUT2D eigenvalue weighted by Crippen LogP contribution is 2.50. The highest BCUT2D eigenvalue weighted by molar-refractivity contribution is 7.75. The number of hydrogen-bond acceptors (Lipinski definition) is 2. The molecule has 0 atom stereocenters. The Morgan fingerprint density at radius 2 is 1.08 bits per heavy atom. The van der Waals surface area contributed by atoms with Crippen LogP contribution in [0.3, 0.4) is 0 Å². The zero-order valence-corrected chi connectivity index (χ0v) is 18.6. The smallest absolute Gasteiger partial charge is 0.172 e. The van der Waals surface area contributed by atoms with E-state index >= 15 is 0 Å². The van der Waals surface area contributed by atoms with Crippen LogP contribution in [-0.2, 0) is 9.05 Å². The van der Waals surface area contributed by atoms with Crippen molar-refractivity contribution in [2.45, 2.75) is 52.7 Å². The topological polar surface area (TPSA) is 18.5 Å². The molecule has 0 aliphatic carbocycles. The standard InChI is InChI=1S/C22H31O2P2/c1-21(2,3)23-26(24-22(4,5)6)18-17-25(19-13-9-7-10-14-19)20-15-11-8-12-16-20/h7-17H,18H2,1-6H3. The van der Waals surface area contributed by atoms with E-state index in [4.69, 9.17) is 9.05 Å². The van der Waals surface area contributed by atoms with Crippen LogP contribution in [0, 0.1) is 6.16 Å². The van der Waals surface area contributed by atoms with Crippen molar-refractivity contribution < 1.29 is 9.05 Å². The van der Waals surface area contributed by atoms with E-state index in [1.54, 1.807) is 0 Å². The first-order chi connectivity index (χ1) is 12.1. The minimum Gasteiger partial charge on any atom is -0.328 e. The molecular weight excluding hydrogens is 358 g/mol. The zero-order valence-electron chi connectivity index (χ0n) is 16.8. The molecule has 0 amide bonds. The molecule has 0 fully saturated rings. The van der Waals surface area contributed by atoms with Crippen LogP contribution in [0.5, 0.6) is 0 Å². The van der Waals surface area contributed by atoms with Crippen molar-refractivity contribution in [1.82, 2.24) is 0 Å². The lowest BCUT2D eigenvalue weighted by Crippen LogP contribution is -2.23. The van der Waals surface area contributed by atoms with E-state index in [9.17, 15) is 0 Å². The van der Waals surface area contributed by atoms with Gasteiger partial charge < -0.3 is 9.05 Å². The average Bonchev–Trinajstić information content (AvgIpc) is 2.54. The van der Waals surface area contributed by atoms with Gasteiger partial charge in [-0.3, -0.25) is 0 Å². The zero-order chi connectivity index (χ0) is 19.2. The predicted octanol–water partition coefficient (Wildman–Crippen LogP) is 6.22. The summed E-state index contributed by atoms with van der Waals surface area (Å²) in [5.74, 6) is 0. The summed E-state index contributed by atoms with van der Waals surface area (Å²) in [7, 11) is -1.52. The molecule has 0 aliphatic heterocycles. The SMILES string of the molecule is CC(C)(C)OP(C[CH]P(c1ccccc1)c1ccccc1)OC(C)(C)C. The number of rotatable bonds is 7. The highest BCUT2D eigenvalue weighted by atomic mass is 31.2. The summed E-state index contributed by atoms with van der Waals surface area (Å²) in [5.41, 5.74) is -0.430. The Hall–Kier alpha value is -0.780. The normalized spacial score (nSPS) is 12.8. The number of benzene rings is 2. The van der Waals surface area contributed by atoms with E-state index in [1.165, 1.54) is 10.6 Å². The fourth-order valence-corrected chi connectivity index (χ4v) is 6.69. The minimum atomic E-state index is -0.989. The summed E-state index contributed by atoms with van der Waals surface area (Å²) in [6.07, 6.45) is 3.22. The van der Waals surface area contributed by atoms with Crippen LogP contribution in [0.2, 0.25) is 0 Å². The van der Waals surface area contributed by atoms with Crippen molar-refractivity contribution in [3.63, 3.8) is 0 Å². The molecule has 2 aromatic rings. The van der Waals surface area contributed by atoms with Crippen LogP contribution in [0.1, 0.15) is 41.5 Å². The maximum absolute atomic E-state index is 6.26. The van der Waals surface area contributed by atoms with Gasteiger partial charge in [-0.05, 0) is 60.1 Å². The van der Waals surface area contributed by atoms with Crippen LogP contribution in [0.25, 0.3) is 0 Å². The Balaban J connectivity index is 2.18. The summed E-state index contributed by atoms with van der Waals surface area (Å²) in [6.45, 7) is 12.5. The van der Waals surface area contributed by atoms with Crippen LogP contribution in [0.15, 0.2) is 60.7 Å². The van der Waals surface area contributed by atoms with Gasteiger partial charge in [-0.25, -0.2) is 0 Å². The van der Waals surface area contributed by atoms with Crippen LogP contribution >= 0.6 is 16.3 Å². The lowest BCUT2D eigenvalue weighted by atomic mass is 10.2. The van der Waals surface area contributed by atoms with E-state index in [-0.39, 0.29) is 11.2 Å². The summed E-state index contributed by atoms with van der Waals surface area (Å²) < 4.78 is 12.5. The van der Waals surface area contributed by atoms with E-state index in [0.29, 0.717) is 0 Å². The molecular formula is C22H31O2P2. The highest BCUT2D eigenvalue weighted by Gasteiger charge is 2.27. The number of hydrogen-bond donors (Lipinski definition) is 0. The molecule has 4 heteroatoms. The van der Waals surface area contributed by atoms with Gasteiger partial charge in [0.2, 0.25) is 0 Å². The Bertz CT molecular complexity index is 590. The molecule has 2 nitrogen and oxygen atoms in total. The van der Waals surface area contributed by atoms with Crippen molar-refractivity contribution in [2.75, 3.05) is 6.16 Å². The van der Waals surface area contributed by atoms with Gasteiger partial charge in [0.05, 0.1) is 11.2 Å². The molecule has 0 heterocycles. The van der Waals surface area contributed by atoms with Crippen LogP contribution in [-0.4, -0.2) is 17.4 Å². The lowest BCUT2D eigenvalue weighted by Gasteiger charge is -2.32. The quantitative estimate of drug-likeness (QED) is 0.523. The van der Waals surface area contributed by atoms with Gasteiger partial charge in [-0.2, -0.15) is 0 Å². The molecule has 2 rings (SSSR count). The maximum atomic E-state index is 6.26. The maximum Gasteiger partial charge on any atom is 0.172 e. The van der Waals surface area contributed by atoms with Crippen molar-refractivity contribution in [2.24, 2.45) is 0 Å². The first-order valence-corrected chi connectivity index (χ1v) is 11.8. The second-order valence-electron chi connectivity index (χ2n) is 8.15. The average molecular weight is 389 g/mol. The Kier molecular flexibility index (Phi) is 7.80. The summed E-state index contributed by atoms with van der Waals surface area (Å²) in [5, 5.41) is 2.71. The summed E-state index contributed by atoms with van der Waals surface area (Å²) >= 11 is 0. The molecule has 0 aliphatic rings. The van der Waals surface area contributed by atoms with E-state index in [2.05, 4.69) is 108 Å². The Labute approximate surface area is 162 Å². The van der Waals surface area contributed by atoms with Gasteiger partial charge in [-0.1, -0.05) is 60.7 Å². The largest absolute Gasteiger partial charge is 0.328 e. The summed E-state index contributed by atoms with van der Waals surface area (Å²) in [4.78, 5) is 0. The van der Waals surface area contributed by atoms with Gasteiger partial charge in [0.15, 0.2) is 8.38 Å². The van der Waals surface area contributed by atoms with E-state index in [0.717, 1.165) is 6.16 Å². The molecule has 0 saturated heterocycles. The molecule has 0 spiro atoms. The minimum absolute atomic E-state index is 0.215.